The van der Waals surface area contributed by atoms with Crippen LogP contribution in [0.4, 0.5) is 5.69 Å². The Hall–Kier alpha value is -2.11. The summed E-state index contributed by atoms with van der Waals surface area (Å²) in [4.78, 5) is 12.8. The number of nitrogens with zero attached hydrogens (tertiary/aromatic N) is 3. The minimum Gasteiger partial charge on any atom is -0.339 e. The topological polar surface area (TPSA) is 51.3 Å². The molecule has 0 spiro atoms. The van der Waals surface area contributed by atoms with Crippen molar-refractivity contribution in [2.24, 2.45) is 0 Å². The Morgan fingerprint density at radius 2 is 1.77 bits per heavy atom. The summed E-state index contributed by atoms with van der Waals surface area (Å²) in [6.45, 7) is 1.70. The van der Waals surface area contributed by atoms with Crippen molar-refractivity contribution in [3.63, 3.8) is 0 Å². The lowest BCUT2D eigenvalue weighted by atomic mass is 10.1. The molecule has 3 rings (SSSR count). The maximum atomic E-state index is 11.0. The lowest BCUT2D eigenvalue weighted by Crippen LogP contribution is -2.18. The van der Waals surface area contributed by atoms with Crippen molar-refractivity contribution >= 4 is 39.1 Å². The quantitative estimate of drug-likeness (QED) is 0.541. The first-order valence-corrected chi connectivity index (χ1v) is 7.36. The number of nitro groups is 1. The van der Waals surface area contributed by atoms with Gasteiger partial charge in [0.25, 0.3) is 5.69 Å². The van der Waals surface area contributed by atoms with Gasteiger partial charge in [-0.2, -0.15) is 0 Å². The molecule has 0 amide bonds. The molecule has 0 radical (unpaired) electrons. The van der Waals surface area contributed by atoms with Crippen LogP contribution < -0.4 is 0 Å². The monoisotopic (exact) mass is 317 g/mol. The molecule has 5 nitrogen and oxygen atoms in total. The largest absolute Gasteiger partial charge is 0.339 e. The third-order valence-electron chi connectivity index (χ3n) is 3.79. The van der Waals surface area contributed by atoms with Gasteiger partial charge in [0.15, 0.2) is 0 Å². The standard InChI is InChI=1S/C16H16ClN3O2/c1-18(2)7-8-19-15-5-3-11(17)9-13(15)14-10-12(20(21)22)4-6-16(14)19/h3-6,9-10H,7-8H2,1-2H3. The normalized spacial score (nSPS) is 11.6. The molecule has 0 bridgehead atoms. The van der Waals surface area contributed by atoms with Gasteiger partial charge in [0, 0.05) is 52.1 Å². The van der Waals surface area contributed by atoms with Crippen LogP contribution in [-0.2, 0) is 6.54 Å². The van der Waals surface area contributed by atoms with Crippen LogP contribution in [0.1, 0.15) is 0 Å². The van der Waals surface area contributed by atoms with Crippen LogP contribution in [0.15, 0.2) is 36.4 Å². The minimum atomic E-state index is -0.368. The molecule has 1 heterocycles. The number of rotatable bonds is 4. The van der Waals surface area contributed by atoms with Crippen molar-refractivity contribution < 1.29 is 4.92 Å². The second-order valence-electron chi connectivity index (χ2n) is 5.57. The van der Waals surface area contributed by atoms with Gasteiger partial charge < -0.3 is 9.47 Å². The first kappa shape index (κ1) is 14.8. The van der Waals surface area contributed by atoms with E-state index < -0.39 is 0 Å². The number of nitro benzene ring substituents is 1. The van der Waals surface area contributed by atoms with E-state index in [1.165, 1.54) is 0 Å². The molecule has 6 heteroatoms. The van der Waals surface area contributed by atoms with Crippen molar-refractivity contribution in [3.8, 4) is 0 Å². The van der Waals surface area contributed by atoms with Crippen molar-refractivity contribution in [2.45, 2.75) is 6.54 Å². The smallest absolute Gasteiger partial charge is 0.270 e. The Kier molecular flexibility index (Phi) is 3.76. The molecular formula is C16H16ClN3O2. The van der Waals surface area contributed by atoms with Crippen molar-refractivity contribution in [2.75, 3.05) is 20.6 Å². The maximum absolute atomic E-state index is 11.0. The fraction of sp³-hybridized carbons (Fsp3) is 0.250. The van der Waals surface area contributed by atoms with Gasteiger partial charge in [-0.25, -0.2) is 0 Å². The average molecular weight is 318 g/mol. The van der Waals surface area contributed by atoms with E-state index in [2.05, 4.69) is 9.47 Å². The first-order valence-electron chi connectivity index (χ1n) is 6.98. The first-order chi connectivity index (χ1) is 10.5. The molecule has 0 fully saturated rings. The molecule has 114 valence electrons. The Morgan fingerprint density at radius 3 is 2.41 bits per heavy atom. The Balaban J connectivity index is 2.29. The number of hydrogen-bond donors (Lipinski definition) is 0. The summed E-state index contributed by atoms with van der Waals surface area (Å²) in [6.07, 6.45) is 0. The highest BCUT2D eigenvalue weighted by Crippen LogP contribution is 2.33. The Morgan fingerprint density at radius 1 is 1.14 bits per heavy atom. The summed E-state index contributed by atoms with van der Waals surface area (Å²) >= 11 is 6.11. The van der Waals surface area contributed by atoms with Gasteiger partial charge in [-0.3, -0.25) is 10.1 Å². The second-order valence-corrected chi connectivity index (χ2v) is 6.01. The lowest BCUT2D eigenvalue weighted by molar-refractivity contribution is -0.384. The van der Waals surface area contributed by atoms with E-state index >= 15 is 0 Å². The Labute approximate surface area is 132 Å². The van der Waals surface area contributed by atoms with Gasteiger partial charge in [-0.15, -0.1) is 0 Å². The van der Waals surface area contributed by atoms with Gasteiger partial charge in [0.05, 0.1) is 4.92 Å². The molecule has 0 aliphatic carbocycles. The fourth-order valence-electron chi connectivity index (χ4n) is 2.72. The number of likely N-dealkylation sites (N-methyl/N-ethyl adjacent to an activating group) is 1. The van der Waals surface area contributed by atoms with Crippen LogP contribution in [0, 0.1) is 10.1 Å². The summed E-state index contributed by atoms with van der Waals surface area (Å²) in [6, 6.07) is 10.7. The van der Waals surface area contributed by atoms with Crippen molar-refractivity contribution in [1.82, 2.24) is 9.47 Å². The van der Waals surface area contributed by atoms with E-state index in [4.69, 9.17) is 11.6 Å². The van der Waals surface area contributed by atoms with E-state index in [1.807, 2.05) is 38.4 Å². The van der Waals surface area contributed by atoms with Gasteiger partial charge >= 0.3 is 0 Å². The number of aromatic nitrogens is 1. The van der Waals surface area contributed by atoms with Crippen LogP contribution >= 0.6 is 11.6 Å². The van der Waals surface area contributed by atoms with Crippen LogP contribution in [-0.4, -0.2) is 35.0 Å². The summed E-state index contributed by atoms with van der Waals surface area (Å²) in [5.41, 5.74) is 2.13. The van der Waals surface area contributed by atoms with E-state index in [-0.39, 0.29) is 10.6 Å². The third-order valence-corrected chi connectivity index (χ3v) is 4.03. The van der Waals surface area contributed by atoms with Crippen LogP contribution in [0.2, 0.25) is 5.02 Å². The molecule has 22 heavy (non-hydrogen) atoms. The molecule has 2 aromatic carbocycles. The summed E-state index contributed by atoms with van der Waals surface area (Å²) in [5, 5.41) is 13.5. The number of benzene rings is 2. The third kappa shape index (κ3) is 2.53. The molecule has 0 atom stereocenters. The van der Waals surface area contributed by atoms with Crippen LogP contribution in [0.25, 0.3) is 21.8 Å². The average Bonchev–Trinajstić information content (AvgIpc) is 2.77. The van der Waals surface area contributed by atoms with Crippen LogP contribution in [0.5, 0.6) is 0 Å². The van der Waals surface area contributed by atoms with Crippen LogP contribution in [0.3, 0.4) is 0 Å². The highest BCUT2D eigenvalue weighted by Gasteiger charge is 2.15. The molecule has 0 aliphatic heterocycles. The predicted octanol–water partition coefficient (Wildman–Crippen LogP) is 3.92. The number of non-ortho nitro benzene ring substituents is 1. The van der Waals surface area contributed by atoms with E-state index in [0.717, 1.165) is 34.9 Å². The van der Waals surface area contributed by atoms with Gasteiger partial charge in [-0.05, 0) is 38.4 Å². The molecule has 0 aliphatic rings. The zero-order valence-electron chi connectivity index (χ0n) is 12.4. The zero-order chi connectivity index (χ0) is 15.9. The minimum absolute atomic E-state index is 0.0964. The fourth-order valence-corrected chi connectivity index (χ4v) is 2.89. The van der Waals surface area contributed by atoms with Crippen molar-refractivity contribution in [3.05, 3.63) is 51.5 Å². The highest BCUT2D eigenvalue weighted by molar-refractivity contribution is 6.31. The van der Waals surface area contributed by atoms with Gasteiger partial charge in [0.2, 0.25) is 0 Å². The predicted molar refractivity (Wildman–Crippen MR) is 89.7 cm³/mol. The highest BCUT2D eigenvalue weighted by atomic mass is 35.5. The number of hydrogen-bond acceptors (Lipinski definition) is 3. The van der Waals surface area contributed by atoms with Crippen molar-refractivity contribution in [1.29, 1.82) is 0 Å². The zero-order valence-corrected chi connectivity index (χ0v) is 13.2. The SMILES string of the molecule is CN(C)CCn1c2ccc(Cl)cc2c2cc([N+](=O)[O-])ccc21. The summed E-state index contributed by atoms with van der Waals surface area (Å²) in [7, 11) is 4.05. The molecule has 0 unspecified atom stereocenters. The van der Waals surface area contributed by atoms with Gasteiger partial charge in [-0.1, -0.05) is 11.6 Å². The molecule has 0 N–H and O–H groups in total. The second kappa shape index (κ2) is 5.59. The summed E-state index contributed by atoms with van der Waals surface area (Å²) in [5.74, 6) is 0. The summed E-state index contributed by atoms with van der Waals surface area (Å²) < 4.78 is 2.19. The Bertz CT molecular complexity index is 871. The van der Waals surface area contributed by atoms with E-state index in [1.54, 1.807) is 12.1 Å². The molecule has 0 saturated heterocycles. The number of halogens is 1. The van der Waals surface area contributed by atoms with Gasteiger partial charge in [0.1, 0.15) is 0 Å². The number of fused-ring (bicyclic) bond motifs is 3. The van der Waals surface area contributed by atoms with E-state index in [9.17, 15) is 10.1 Å². The molecule has 3 aromatic rings. The maximum Gasteiger partial charge on any atom is 0.270 e. The van der Waals surface area contributed by atoms with E-state index in [0.29, 0.717) is 5.02 Å². The molecular weight excluding hydrogens is 302 g/mol. The molecule has 1 aromatic heterocycles. The lowest BCUT2D eigenvalue weighted by Gasteiger charge is -2.12. The molecule has 0 saturated carbocycles.